The summed E-state index contributed by atoms with van der Waals surface area (Å²) in [4.78, 5) is 40.7. The summed E-state index contributed by atoms with van der Waals surface area (Å²) in [7, 11) is 0. The Morgan fingerprint density at radius 3 is 2.45 bits per heavy atom. The highest BCUT2D eigenvalue weighted by molar-refractivity contribution is 7.18. The zero-order chi connectivity index (χ0) is 28.5. The van der Waals surface area contributed by atoms with Crippen molar-refractivity contribution in [2.75, 3.05) is 26.2 Å². The van der Waals surface area contributed by atoms with Crippen LogP contribution in [-0.2, 0) is 6.61 Å². The molecule has 7 rings (SSSR count). The maximum atomic E-state index is 13.8. The Hall–Kier alpha value is -4.31. The number of fused-ring (bicyclic) bond motifs is 2. The fraction of sp³-hybridized carbons (Fsp3) is 0.344. The van der Waals surface area contributed by atoms with Gasteiger partial charge in [0, 0.05) is 44.0 Å². The fourth-order valence-corrected chi connectivity index (χ4v) is 6.85. The Labute approximate surface area is 247 Å². The molecule has 0 unspecified atom stereocenters. The van der Waals surface area contributed by atoms with E-state index in [0.29, 0.717) is 47.6 Å². The molecule has 2 fully saturated rings. The molecule has 0 bridgehead atoms. The molecule has 9 nitrogen and oxygen atoms in total. The summed E-state index contributed by atoms with van der Waals surface area (Å²) in [6.07, 6.45) is 8.52. The maximum absolute atomic E-state index is 13.8. The van der Waals surface area contributed by atoms with Crippen molar-refractivity contribution >= 4 is 44.3 Å². The lowest BCUT2D eigenvalue weighted by Crippen LogP contribution is -2.40. The first-order chi connectivity index (χ1) is 20.6. The number of amides is 2. The number of benzene rings is 2. The molecule has 2 amide bonds. The van der Waals surface area contributed by atoms with Crippen molar-refractivity contribution in [3.8, 4) is 5.75 Å². The zero-order valence-corrected chi connectivity index (χ0v) is 24.1. The van der Waals surface area contributed by atoms with Gasteiger partial charge in [-0.3, -0.25) is 14.3 Å². The molecule has 5 aromatic rings. The van der Waals surface area contributed by atoms with Crippen molar-refractivity contribution in [1.82, 2.24) is 29.5 Å². The van der Waals surface area contributed by atoms with Gasteiger partial charge in [0.1, 0.15) is 23.1 Å². The van der Waals surface area contributed by atoms with Crippen LogP contribution in [0.4, 0.5) is 0 Å². The van der Waals surface area contributed by atoms with Crippen LogP contribution in [-0.4, -0.2) is 67.5 Å². The zero-order valence-electron chi connectivity index (χ0n) is 23.3. The van der Waals surface area contributed by atoms with Crippen molar-refractivity contribution < 1.29 is 14.3 Å². The van der Waals surface area contributed by atoms with Gasteiger partial charge in [-0.25, -0.2) is 9.97 Å². The highest BCUT2D eigenvalue weighted by atomic mass is 32.1. The molecule has 214 valence electrons. The minimum atomic E-state index is -0.139. The molecule has 0 spiro atoms. The van der Waals surface area contributed by atoms with E-state index in [9.17, 15) is 9.59 Å². The lowest BCUT2D eigenvalue weighted by molar-refractivity contribution is 0.0684. The predicted molar refractivity (Wildman–Crippen MR) is 162 cm³/mol. The van der Waals surface area contributed by atoms with Crippen LogP contribution < -0.4 is 4.74 Å². The van der Waals surface area contributed by atoms with Gasteiger partial charge in [-0.05, 0) is 74.6 Å². The summed E-state index contributed by atoms with van der Waals surface area (Å²) in [5, 5.41) is 5.95. The molecule has 10 heteroatoms. The minimum absolute atomic E-state index is 0.0585. The summed E-state index contributed by atoms with van der Waals surface area (Å²) in [6.45, 7) is 3.02. The average molecular weight is 581 g/mol. The number of para-hydroxylation sites is 1. The Morgan fingerprint density at radius 1 is 0.857 bits per heavy atom. The molecule has 5 heterocycles. The molecule has 2 aliphatic heterocycles. The van der Waals surface area contributed by atoms with E-state index >= 15 is 0 Å². The van der Waals surface area contributed by atoms with E-state index in [0.717, 1.165) is 60.4 Å². The SMILES string of the molecule is O=C(c1cc(C(=O)N2CCCCC2)c2cc(OCc3nc4ccccc4s3)ccc2n1)N1CCC(n2cccn2)CC1. The summed E-state index contributed by atoms with van der Waals surface area (Å²) >= 11 is 1.61. The molecule has 3 aromatic heterocycles. The van der Waals surface area contributed by atoms with Crippen LogP contribution in [0.5, 0.6) is 5.75 Å². The quantitative estimate of drug-likeness (QED) is 0.255. The average Bonchev–Trinajstić information content (AvgIpc) is 3.74. The number of rotatable bonds is 6. The van der Waals surface area contributed by atoms with Crippen LogP contribution >= 0.6 is 11.3 Å². The number of likely N-dealkylation sites (tertiary alicyclic amines) is 2. The van der Waals surface area contributed by atoms with E-state index in [1.807, 2.05) is 63.1 Å². The number of pyridine rings is 1. The molecule has 42 heavy (non-hydrogen) atoms. The number of carbonyl (C=O) groups is 2. The van der Waals surface area contributed by atoms with Crippen LogP contribution in [0.1, 0.15) is 64.0 Å². The predicted octanol–water partition coefficient (Wildman–Crippen LogP) is 5.72. The number of aromatic nitrogens is 4. The van der Waals surface area contributed by atoms with Gasteiger partial charge in [0.25, 0.3) is 11.8 Å². The summed E-state index contributed by atoms with van der Waals surface area (Å²) in [5.74, 6) is 0.438. The van der Waals surface area contributed by atoms with E-state index in [2.05, 4.69) is 16.1 Å². The number of carbonyl (C=O) groups excluding carboxylic acids is 2. The van der Waals surface area contributed by atoms with Gasteiger partial charge in [-0.2, -0.15) is 5.10 Å². The Balaban J connectivity index is 1.16. The smallest absolute Gasteiger partial charge is 0.272 e. The second kappa shape index (κ2) is 11.5. The second-order valence-corrected chi connectivity index (χ2v) is 12.1. The summed E-state index contributed by atoms with van der Waals surface area (Å²) in [5.41, 5.74) is 2.38. The Morgan fingerprint density at radius 2 is 1.67 bits per heavy atom. The Kier molecular flexibility index (Phi) is 7.29. The van der Waals surface area contributed by atoms with Crippen LogP contribution in [0, 0.1) is 0 Å². The van der Waals surface area contributed by atoms with Crippen molar-refractivity contribution in [3.63, 3.8) is 0 Å². The molecule has 2 saturated heterocycles. The third-order valence-electron chi connectivity index (χ3n) is 8.22. The van der Waals surface area contributed by atoms with Crippen LogP contribution in [0.2, 0.25) is 0 Å². The van der Waals surface area contributed by atoms with E-state index < -0.39 is 0 Å². The Bertz CT molecular complexity index is 1700. The summed E-state index contributed by atoms with van der Waals surface area (Å²) in [6, 6.07) is 17.5. The molecule has 0 N–H and O–H groups in total. The number of hydrogen-bond donors (Lipinski definition) is 0. The highest BCUT2D eigenvalue weighted by Crippen LogP contribution is 2.29. The van der Waals surface area contributed by atoms with Crippen molar-refractivity contribution in [1.29, 1.82) is 0 Å². The van der Waals surface area contributed by atoms with Gasteiger partial charge in [0.2, 0.25) is 0 Å². The molecule has 0 aliphatic carbocycles. The minimum Gasteiger partial charge on any atom is -0.486 e. The van der Waals surface area contributed by atoms with Gasteiger partial charge in [0.05, 0.1) is 27.3 Å². The second-order valence-electron chi connectivity index (χ2n) is 11.0. The first-order valence-corrected chi connectivity index (χ1v) is 15.4. The van der Waals surface area contributed by atoms with Gasteiger partial charge in [0.15, 0.2) is 0 Å². The van der Waals surface area contributed by atoms with E-state index in [-0.39, 0.29) is 17.9 Å². The molecular weight excluding hydrogens is 548 g/mol. The number of piperidine rings is 2. The van der Waals surface area contributed by atoms with Crippen LogP contribution in [0.25, 0.3) is 21.1 Å². The monoisotopic (exact) mass is 580 g/mol. The third kappa shape index (κ3) is 5.34. The first-order valence-electron chi connectivity index (χ1n) is 14.6. The number of thiazole rings is 1. The lowest BCUT2D eigenvalue weighted by atomic mass is 10.0. The normalized spacial score (nSPS) is 16.3. The highest BCUT2D eigenvalue weighted by Gasteiger charge is 2.28. The third-order valence-corrected chi connectivity index (χ3v) is 9.23. The molecule has 0 radical (unpaired) electrons. The van der Waals surface area contributed by atoms with Crippen LogP contribution in [0.15, 0.2) is 67.0 Å². The topological polar surface area (TPSA) is 93.5 Å². The van der Waals surface area contributed by atoms with Crippen molar-refractivity contribution in [3.05, 3.63) is 83.3 Å². The van der Waals surface area contributed by atoms with Crippen molar-refractivity contribution in [2.24, 2.45) is 0 Å². The van der Waals surface area contributed by atoms with Gasteiger partial charge >= 0.3 is 0 Å². The molecule has 0 saturated carbocycles. The standard InChI is InChI=1S/C32H32N6O3S/c39-31(36-14-4-1-5-15-36)25-20-28(32(40)37-17-11-22(12-18-37)38-16-6-13-33-38)34-26-10-9-23(19-24(25)26)41-21-30-35-27-7-2-3-8-29(27)42-30/h2-3,6-10,13,16,19-20,22H,1,4-5,11-12,14-15,17-18,21H2. The van der Waals surface area contributed by atoms with Gasteiger partial charge in [-0.1, -0.05) is 12.1 Å². The van der Waals surface area contributed by atoms with Gasteiger partial charge < -0.3 is 14.5 Å². The fourth-order valence-electron chi connectivity index (χ4n) is 5.97. The number of ether oxygens (including phenoxy) is 1. The number of hydrogen-bond acceptors (Lipinski definition) is 7. The maximum Gasteiger partial charge on any atom is 0.272 e. The largest absolute Gasteiger partial charge is 0.486 e. The van der Waals surface area contributed by atoms with Crippen molar-refractivity contribution in [2.45, 2.75) is 44.8 Å². The molecule has 2 aromatic carbocycles. The lowest BCUT2D eigenvalue weighted by Gasteiger charge is -2.32. The van der Waals surface area contributed by atoms with Gasteiger partial charge in [-0.15, -0.1) is 11.3 Å². The molecule has 2 aliphatic rings. The number of nitrogens with zero attached hydrogens (tertiary/aromatic N) is 6. The first kappa shape index (κ1) is 26.6. The van der Waals surface area contributed by atoms with E-state index in [1.54, 1.807) is 23.6 Å². The summed E-state index contributed by atoms with van der Waals surface area (Å²) < 4.78 is 9.23. The van der Waals surface area contributed by atoms with E-state index in [4.69, 9.17) is 9.72 Å². The van der Waals surface area contributed by atoms with Crippen LogP contribution in [0.3, 0.4) is 0 Å². The van der Waals surface area contributed by atoms with E-state index in [1.165, 1.54) is 0 Å². The molecular formula is C32H32N6O3S. The molecule has 0 atom stereocenters.